The Balaban J connectivity index is 2.34. The van der Waals surface area contributed by atoms with E-state index in [1.165, 1.54) is 12.1 Å². The van der Waals surface area contributed by atoms with Crippen molar-refractivity contribution < 1.29 is 14.9 Å². The summed E-state index contributed by atoms with van der Waals surface area (Å²) in [4.78, 5) is 0. The van der Waals surface area contributed by atoms with Crippen LogP contribution in [-0.4, -0.2) is 10.2 Å². The third kappa shape index (κ3) is 3.19. The van der Waals surface area contributed by atoms with Crippen LogP contribution < -0.4 is 4.74 Å². The molecule has 2 rings (SSSR count). The van der Waals surface area contributed by atoms with E-state index in [2.05, 4.69) is 6.92 Å². The van der Waals surface area contributed by atoms with Gasteiger partial charge in [-0.2, -0.15) is 0 Å². The van der Waals surface area contributed by atoms with Crippen molar-refractivity contribution in [2.75, 3.05) is 0 Å². The van der Waals surface area contributed by atoms with E-state index in [9.17, 15) is 10.2 Å². The first-order valence-electron chi connectivity index (χ1n) is 6.49. The van der Waals surface area contributed by atoms with Crippen molar-refractivity contribution in [1.82, 2.24) is 0 Å². The average Bonchev–Trinajstić information content (AvgIpc) is 2.43. The van der Waals surface area contributed by atoms with Crippen LogP contribution in [0.5, 0.6) is 23.0 Å². The first-order valence-corrected chi connectivity index (χ1v) is 6.49. The van der Waals surface area contributed by atoms with E-state index in [0.29, 0.717) is 23.5 Å². The summed E-state index contributed by atoms with van der Waals surface area (Å²) in [5.74, 6) is 1.20. The van der Waals surface area contributed by atoms with E-state index in [0.717, 1.165) is 12.8 Å². The smallest absolute Gasteiger partial charge is 0.175 e. The monoisotopic (exact) mass is 258 g/mol. The van der Waals surface area contributed by atoms with Crippen LogP contribution in [-0.2, 0) is 6.42 Å². The minimum absolute atomic E-state index is 0.0488. The van der Waals surface area contributed by atoms with Gasteiger partial charge in [0.25, 0.3) is 0 Å². The number of para-hydroxylation sites is 1. The third-order valence-corrected chi connectivity index (χ3v) is 2.96. The van der Waals surface area contributed by atoms with E-state index in [-0.39, 0.29) is 11.5 Å². The maximum atomic E-state index is 9.94. The first-order chi connectivity index (χ1) is 9.22. The first kappa shape index (κ1) is 13.3. The number of ether oxygens (including phenoxy) is 1. The maximum Gasteiger partial charge on any atom is 0.175 e. The number of phenols is 2. The molecular weight excluding hydrogens is 240 g/mol. The van der Waals surface area contributed by atoms with Crippen LogP contribution in [0.1, 0.15) is 25.3 Å². The standard InChI is InChI=1S/C16H18O3/c1-2-3-9-13-14(17)10-11-15(18)16(13)19-12-7-5-4-6-8-12/h4-8,10-11,17-18H,2-3,9H2,1H3. The fraction of sp³-hybridized carbons (Fsp3) is 0.250. The van der Waals surface area contributed by atoms with Crippen LogP contribution in [0.25, 0.3) is 0 Å². The van der Waals surface area contributed by atoms with Gasteiger partial charge in [-0.25, -0.2) is 0 Å². The zero-order valence-electron chi connectivity index (χ0n) is 11.0. The van der Waals surface area contributed by atoms with Crippen molar-refractivity contribution in [2.24, 2.45) is 0 Å². The summed E-state index contributed by atoms with van der Waals surface area (Å²) in [6.45, 7) is 2.08. The van der Waals surface area contributed by atoms with E-state index in [1.807, 2.05) is 30.3 Å². The number of hydrogen-bond donors (Lipinski definition) is 2. The lowest BCUT2D eigenvalue weighted by Crippen LogP contribution is -1.94. The highest BCUT2D eigenvalue weighted by molar-refractivity contribution is 5.54. The Morgan fingerprint density at radius 2 is 1.63 bits per heavy atom. The summed E-state index contributed by atoms with van der Waals surface area (Å²) in [7, 11) is 0. The maximum absolute atomic E-state index is 9.94. The predicted molar refractivity (Wildman–Crippen MR) is 74.9 cm³/mol. The Hall–Kier alpha value is -2.16. The molecular formula is C16H18O3. The number of rotatable bonds is 5. The quantitative estimate of drug-likeness (QED) is 0.789. The molecule has 0 unspecified atom stereocenters. The molecule has 2 aromatic carbocycles. The fourth-order valence-electron chi connectivity index (χ4n) is 1.92. The second kappa shape index (κ2) is 6.14. The van der Waals surface area contributed by atoms with Gasteiger partial charge in [0.2, 0.25) is 0 Å². The van der Waals surface area contributed by atoms with Crippen LogP contribution in [0.2, 0.25) is 0 Å². The van der Waals surface area contributed by atoms with Crippen molar-refractivity contribution in [3.63, 3.8) is 0 Å². The summed E-state index contributed by atoms with van der Waals surface area (Å²) in [6.07, 6.45) is 2.63. The summed E-state index contributed by atoms with van der Waals surface area (Å²) < 4.78 is 5.71. The Morgan fingerprint density at radius 3 is 2.32 bits per heavy atom. The molecule has 0 saturated carbocycles. The van der Waals surface area contributed by atoms with Crippen molar-refractivity contribution >= 4 is 0 Å². The molecule has 0 atom stereocenters. The molecule has 0 aliphatic rings. The Morgan fingerprint density at radius 1 is 0.947 bits per heavy atom. The summed E-state index contributed by atoms with van der Waals surface area (Å²) >= 11 is 0. The largest absolute Gasteiger partial charge is 0.508 e. The van der Waals surface area contributed by atoms with Crippen LogP contribution >= 0.6 is 0 Å². The van der Waals surface area contributed by atoms with Crippen molar-refractivity contribution in [2.45, 2.75) is 26.2 Å². The topological polar surface area (TPSA) is 49.7 Å². The molecule has 0 aliphatic heterocycles. The van der Waals surface area contributed by atoms with Gasteiger partial charge in [0.15, 0.2) is 11.5 Å². The highest BCUT2D eigenvalue weighted by atomic mass is 16.5. The van der Waals surface area contributed by atoms with E-state index in [4.69, 9.17) is 4.74 Å². The third-order valence-electron chi connectivity index (χ3n) is 2.96. The molecule has 3 heteroatoms. The van der Waals surface area contributed by atoms with Crippen LogP contribution in [0.4, 0.5) is 0 Å². The highest BCUT2D eigenvalue weighted by Gasteiger charge is 2.14. The fourth-order valence-corrected chi connectivity index (χ4v) is 1.92. The summed E-state index contributed by atoms with van der Waals surface area (Å²) in [5.41, 5.74) is 0.658. The zero-order chi connectivity index (χ0) is 13.7. The number of hydrogen-bond acceptors (Lipinski definition) is 3. The molecule has 19 heavy (non-hydrogen) atoms. The highest BCUT2D eigenvalue weighted by Crippen LogP contribution is 2.39. The van der Waals surface area contributed by atoms with Gasteiger partial charge in [-0.05, 0) is 37.1 Å². The number of benzene rings is 2. The molecule has 0 spiro atoms. The number of phenolic OH excluding ortho intramolecular Hbond substituents is 2. The van der Waals surface area contributed by atoms with Gasteiger partial charge in [-0.3, -0.25) is 0 Å². The minimum Gasteiger partial charge on any atom is -0.508 e. The van der Waals surface area contributed by atoms with E-state index < -0.39 is 0 Å². The lowest BCUT2D eigenvalue weighted by atomic mass is 10.1. The van der Waals surface area contributed by atoms with E-state index >= 15 is 0 Å². The molecule has 0 saturated heterocycles. The van der Waals surface area contributed by atoms with Crippen LogP contribution in [0, 0.1) is 0 Å². The molecule has 0 radical (unpaired) electrons. The normalized spacial score (nSPS) is 10.4. The summed E-state index contributed by atoms with van der Waals surface area (Å²) in [5, 5.41) is 19.9. The lowest BCUT2D eigenvalue weighted by molar-refractivity contribution is 0.396. The van der Waals surface area contributed by atoms with Crippen molar-refractivity contribution in [3.05, 3.63) is 48.0 Å². The molecule has 2 aromatic rings. The summed E-state index contributed by atoms with van der Waals surface area (Å²) in [6, 6.07) is 12.2. The van der Waals surface area contributed by atoms with Crippen LogP contribution in [0.15, 0.2) is 42.5 Å². The van der Waals surface area contributed by atoms with Gasteiger partial charge >= 0.3 is 0 Å². The van der Waals surface area contributed by atoms with Gasteiger partial charge in [-0.1, -0.05) is 31.5 Å². The van der Waals surface area contributed by atoms with Gasteiger partial charge in [0, 0.05) is 5.56 Å². The SMILES string of the molecule is CCCCc1c(O)ccc(O)c1Oc1ccccc1. The minimum atomic E-state index is 0.0488. The van der Waals surface area contributed by atoms with Crippen LogP contribution in [0.3, 0.4) is 0 Å². The van der Waals surface area contributed by atoms with Gasteiger partial charge < -0.3 is 14.9 Å². The molecule has 0 fully saturated rings. The number of unbranched alkanes of at least 4 members (excludes halogenated alkanes) is 1. The Kier molecular flexibility index (Phi) is 4.29. The van der Waals surface area contributed by atoms with Crippen molar-refractivity contribution in [3.8, 4) is 23.0 Å². The second-order valence-corrected chi connectivity index (χ2v) is 4.43. The van der Waals surface area contributed by atoms with Gasteiger partial charge in [0.1, 0.15) is 11.5 Å². The molecule has 0 amide bonds. The lowest BCUT2D eigenvalue weighted by Gasteiger charge is -2.14. The molecule has 0 heterocycles. The van der Waals surface area contributed by atoms with E-state index in [1.54, 1.807) is 0 Å². The Bertz CT molecular complexity index is 535. The second-order valence-electron chi connectivity index (χ2n) is 4.43. The molecule has 0 aromatic heterocycles. The molecule has 2 N–H and O–H groups in total. The van der Waals surface area contributed by atoms with Gasteiger partial charge in [-0.15, -0.1) is 0 Å². The number of aromatic hydroxyl groups is 2. The molecule has 3 nitrogen and oxygen atoms in total. The predicted octanol–water partition coefficient (Wildman–Crippen LogP) is 4.23. The molecule has 0 bridgehead atoms. The Labute approximate surface area is 113 Å². The molecule has 100 valence electrons. The van der Waals surface area contributed by atoms with Crippen molar-refractivity contribution in [1.29, 1.82) is 0 Å². The van der Waals surface area contributed by atoms with Gasteiger partial charge in [0.05, 0.1) is 0 Å². The zero-order valence-corrected chi connectivity index (χ0v) is 11.0. The average molecular weight is 258 g/mol. The molecule has 0 aliphatic carbocycles.